The highest BCUT2D eigenvalue weighted by Gasteiger charge is 2.19. The van der Waals surface area contributed by atoms with Gasteiger partial charge in [0.2, 0.25) is 5.00 Å². The molecule has 0 radical (unpaired) electrons. The zero-order valence-electron chi connectivity index (χ0n) is 7.75. The Morgan fingerprint density at radius 1 is 1.47 bits per heavy atom. The number of aromatic nitrogens is 1. The van der Waals surface area contributed by atoms with E-state index in [1.807, 2.05) is 5.01 Å². The summed E-state index contributed by atoms with van der Waals surface area (Å²) in [6.45, 7) is 2.44. The number of thiazole rings is 1. The Balaban J connectivity index is 2.37. The maximum Gasteiger partial charge on any atom is 0.253 e. The van der Waals surface area contributed by atoms with Crippen molar-refractivity contribution >= 4 is 28.6 Å². The molecule has 15 heavy (non-hydrogen) atoms. The normalized spacial score (nSPS) is 16.7. The zero-order chi connectivity index (χ0) is 10.8. The number of rotatable bonds is 2. The molecule has 2 heterocycles. The number of morpholine rings is 1. The third-order valence-corrected chi connectivity index (χ3v) is 3.32. The van der Waals surface area contributed by atoms with Crippen molar-refractivity contribution in [1.82, 2.24) is 4.68 Å². The Hall–Kier alpha value is -0.990. The SMILES string of the molecule is O=Nc1sc(=S)n(N2CCOCC2)c1O. The topological polar surface area (TPSA) is 67.1 Å². The van der Waals surface area contributed by atoms with E-state index in [0.717, 1.165) is 11.3 Å². The Morgan fingerprint density at radius 3 is 2.67 bits per heavy atom. The van der Waals surface area contributed by atoms with Gasteiger partial charge >= 0.3 is 0 Å². The first-order valence-electron chi connectivity index (χ1n) is 4.35. The molecule has 0 spiro atoms. The van der Waals surface area contributed by atoms with Crippen LogP contribution in [0.5, 0.6) is 5.88 Å². The van der Waals surface area contributed by atoms with E-state index in [1.54, 1.807) is 0 Å². The fraction of sp³-hybridized carbons (Fsp3) is 0.571. The van der Waals surface area contributed by atoms with Crippen molar-refractivity contribution in [2.45, 2.75) is 0 Å². The van der Waals surface area contributed by atoms with Gasteiger partial charge in [0.25, 0.3) is 5.88 Å². The summed E-state index contributed by atoms with van der Waals surface area (Å²) in [7, 11) is 0. The van der Waals surface area contributed by atoms with E-state index in [-0.39, 0.29) is 10.9 Å². The number of hydrogen-bond donors (Lipinski definition) is 1. The van der Waals surface area contributed by atoms with Gasteiger partial charge in [-0.1, -0.05) is 11.3 Å². The van der Waals surface area contributed by atoms with Gasteiger partial charge in [0.05, 0.1) is 26.3 Å². The molecule has 1 aliphatic heterocycles. The van der Waals surface area contributed by atoms with E-state index in [4.69, 9.17) is 17.0 Å². The molecular formula is C7H9N3O3S2. The molecule has 1 aromatic rings. The van der Waals surface area contributed by atoms with E-state index in [2.05, 4.69) is 5.18 Å². The molecule has 82 valence electrons. The number of ether oxygens (including phenoxy) is 1. The Morgan fingerprint density at radius 2 is 2.13 bits per heavy atom. The van der Waals surface area contributed by atoms with Gasteiger partial charge in [0, 0.05) is 0 Å². The lowest BCUT2D eigenvalue weighted by Gasteiger charge is -2.29. The largest absolute Gasteiger partial charge is 0.491 e. The predicted octanol–water partition coefficient (Wildman–Crippen LogP) is 1.35. The van der Waals surface area contributed by atoms with Crippen LogP contribution in [0.4, 0.5) is 5.00 Å². The van der Waals surface area contributed by atoms with Crippen LogP contribution in [0.3, 0.4) is 0 Å². The van der Waals surface area contributed by atoms with Crippen molar-refractivity contribution < 1.29 is 9.84 Å². The minimum Gasteiger partial charge on any atom is -0.491 e. The molecule has 1 aromatic heterocycles. The van der Waals surface area contributed by atoms with Crippen LogP contribution in [0.25, 0.3) is 0 Å². The average Bonchev–Trinajstić information content (AvgIpc) is 2.55. The van der Waals surface area contributed by atoms with Crippen LogP contribution >= 0.6 is 23.6 Å². The van der Waals surface area contributed by atoms with Gasteiger partial charge in [-0.2, -0.15) is 0 Å². The second-order valence-electron chi connectivity index (χ2n) is 2.97. The Bertz CT molecular complexity index is 422. The second-order valence-corrected chi connectivity index (χ2v) is 4.59. The molecule has 8 heteroatoms. The lowest BCUT2D eigenvalue weighted by Crippen LogP contribution is -2.43. The van der Waals surface area contributed by atoms with Crippen LogP contribution < -0.4 is 5.01 Å². The van der Waals surface area contributed by atoms with E-state index < -0.39 is 0 Å². The van der Waals surface area contributed by atoms with Gasteiger partial charge in [-0.25, -0.2) is 4.68 Å². The lowest BCUT2D eigenvalue weighted by atomic mass is 10.5. The summed E-state index contributed by atoms with van der Waals surface area (Å²) >= 11 is 6.05. The van der Waals surface area contributed by atoms with Crippen molar-refractivity contribution in [3.63, 3.8) is 0 Å². The minimum atomic E-state index is -0.179. The van der Waals surface area contributed by atoms with Crippen LogP contribution in [0.2, 0.25) is 0 Å². The molecule has 6 nitrogen and oxygen atoms in total. The first-order chi connectivity index (χ1) is 7.24. The molecule has 1 aliphatic rings. The first-order valence-corrected chi connectivity index (χ1v) is 5.57. The quantitative estimate of drug-likeness (QED) is 0.631. The summed E-state index contributed by atoms with van der Waals surface area (Å²) in [5, 5.41) is 14.3. The molecule has 0 unspecified atom stereocenters. The van der Waals surface area contributed by atoms with Crippen LogP contribution in [0.15, 0.2) is 5.18 Å². The Kier molecular flexibility index (Phi) is 2.98. The average molecular weight is 247 g/mol. The smallest absolute Gasteiger partial charge is 0.253 e. The Labute approximate surface area is 94.6 Å². The van der Waals surface area contributed by atoms with Crippen molar-refractivity contribution in [1.29, 1.82) is 0 Å². The standard InChI is InChI=1S/C7H9N3O3S2/c11-6-5(8-12)15-7(14)10(6)9-1-3-13-4-2-9/h11H,1-4H2. The molecule has 0 atom stereocenters. The molecule has 1 fully saturated rings. The predicted molar refractivity (Wildman–Crippen MR) is 59.0 cm³/mol. The van der Waals surface area contributed by atoms with Crippen molar-refractivity contribution in [3.8, 4) is 5.88 Å². The van der Waals surface area contributed by atoms with Gasteiger partial charge in [-0.15, -0.1) is 4.91 Å². The van der Waals surface area contributed by atoms with Crippen molar-refractivity contribution in [2.75, 3.05) is 31.3 Å². The summed E-state index contributed by atoms with van der Waals surface area (Å²) < 4.78 is 7.05. The van der Waals surface area contributed by atoms with Crippen LogP contribution in [-0.4, -0.2) is 36.1 Å². The number of hydrogen-bond acceptors (Lipinski definition) is 7. The second kappa shape index (κ2) is 4.25. The molecule has 1 saturated heterocycles. The molecule has 1 N–H and O–H groups in total. The molecule has 0 saturated carbocycles. The highest BCUT2D eigenvalue weighted by molar-refractivity contribution is 7.73. The number of aromatic hydroxyl groups is 1. The van der Waals surface area contributed by atoms with Crippen molar-refractivity contribution in [2.24, 2.45) is 5.18 Å². The first kappa shape index (κ1) is 10.5. The summed E-state index contributed by atoms with van der Waals surface area (Å²) in [6.07, 6.45) is 0. The van der Waals surface area contributed by atoms with Gasteiger partial charge in [-0.05, 0) is 17.4 Å². The van der Waals surface area contributed by atoms with Crippen LogP contribution in [-0.2, 0) is 4.74 Å². The molecule has 0 aromatic carbocycles. The van der Waals surface area contributed by atoms with Gasteiger partial charge < -0.3 is 14.9 Å². The molecule has 0 bridgehead atoms. The van der Waals surface area contributed by atoms with E-state index in [9.17, 15) is 10.0 Å². The van der Waals surface area contributed by atoms with Crippen molar-refractivity contribution in [3.05, 3.63) is 8.86 Å². The summed E-state index contributed by atoms with van der Waals surface area (Å²) in [5.41, 5.74) is 0. The van der Waals surface area contributed by atoms with E-state index >= 15 is 0 Å². The number of nitroso groups, excluding NO2 is 1. The fourth-order valence-electron chi connectivity index (χ4n) is 1.41. The molecular weight excluding hydrogens is 238 g/mol. The summed E-state index contributed by atoms with van der Waals surface area (Å²) in [5.74, 6) is -0.179. The van der Waals surface area contributed by atoms with Gasteiger partial charge in [0.1, 0.15) is 0 Å². The third-order valence-electron chi connectivity index (χ3n) is 2.10. The van der Waals surface area contributed by atoms with E-state index in [0.29, 0.717) is 30.3 Å². The van der Waals surface area contributed by atoms with Crippen LogP contribution in [0.1, 0.15) is 0 Å². The highest BCUT2D eigenvalue weighted by atomic mass is 32.1. The molecule has 2 rings (SSSR count). The molecule has 0 aliphatic carbocycles. The van der Waals surface area contributed by atoms with E-state index in [1.165, 1.54) is 4.68 Å². The molecule has 0 amide bonds. The lowest BCUT2D eigenvalue weighted by molar-refractivity contribution is 0.110. The van der Waals surface area contributed by atoms with Crippen LogP contribution in [0, 0.1) is 8.86 Å². The maximum atomic E-state index is 10.4. The highest BCUT2D eigenvalue weighted by Crippen LogP contribution is 2.34. The summed E-state index contributed by atoms with van der Waals surface area (Å²) in [4.78, 5) is 10.4. The zero-order valence-corrected chi connectivity index (χ0v) is 9.38. The number of nitrogens with zero attached hydrogens (tertiary/aromatic N) is 3. The minimum absolute atomic E-state index is 0.0199. The third kappa shape index (κ3) is 1.87. The summed E-state index contributed by atoms with van der Waals surface area (Å²) in [6, 6.07) is 0. The monoisotopic (exact) mass is 247 g/mol. The maximum absolute atomic E-state index is 10.4. The fourth-order valence-corrected chi connectivity index (χ4v) is 2.52. The van der Waals surface area contributed by atoms with Gasteiger partial charge in [0.15, 0.2) is 3.95 Å². The van der Waals surface area contributed by atoms with Gasteiger partial charge in [-0.3, -0.25) is 0 Å².